The normalized spacial score (nSPS) is 17.7. The van der Waals surface area contributed by atoms with Crippen molar-refractivity contribution in [3.05, 3.63) is 35.9 Å². The van der Waals surface area contributed by atoms with Crippen LogP contribution in [-0.4, -0.2) is 13.2 Å². The summed E-state index contributed by atoms with van der Waals surface area (Å²) in [7, 11) is 1.85. The highest BCUT2D eigenvalue weighted by molar-refractivity contribution is 5.14. The fraction of sp³-hybridized carbons (Fsp3) is 0.571. The summed E-state index contributed by atoms with van der Waals surface area (Å²) >= 11 is 0. The molecule has 1 atom stereocenters. The second kappa shape index (κ2) is 5.32. The molecule has 0 radical (unpaired) electrons. The molecule has 1 nitrogen and oxygen atoms in total. The second-order valence-corrected chi connectivity index (χ2v) is 4.49. The Morgan fingerprint density at radius 2 is 2.00 bits per heavy atom. The Hall–Kier alpha value is -0.820. The first-order valence-electron chi connectivity index (χ1n) is 5.97. The van der Waals surface area contributed by atoms with Crippen molar-refractivity contribution in [2.45, 2.75) is 38.2 Å². The van der Waals surface area contributed by atoms with Gasteiger partial charge in [-0.15, -0.1) is 0 Å². The summed E-state index contributed by atoms with van der Waals surface area (Å²) in [6.07, 6.45) is 6.93. The summed E-state index contributed by atoms with van der Waals surface area (Å²) in [4.78, 5) is 0. The summed E-state index contributed by atoms with van der Waals surface area (Å²) in [5.74, 6) is 0.866. The van der Waals surface area contributed by atoms with Gasteiger partial charge in [-0.3, -0.25) is 0 Å². The minimum absolute atomic E-state index is 0.522. The first-order chi connectivity index (χ1) is 7.40. The van der Waals surface area contributed by atoms with Gasteiger partial charge in [-0.1, -0.05) is 30.3 Å². The van der Waals surface area contributed by atoms with Gasteiger partial charge in [0, 0.05) is 7.11 Å². The van der Waals surface area contributed by atoms with Crippen molar-refractivity contribution in [2.24, 2.45) is 5.92 Å². The summed E-state index contributed by atoms with van der Waals surface area (Å²) in [5.41, 5.74) is 1.45. The Morgan fingerprint density at radius 1 is 1.27 bits per heavy atom. The molecule has 1 unspecified atom stereocenters. The first-order valence-corrected chi connectivity index (χ1v) is 5.97. The van der Waals surface area contributed by atoms with Gasteiger partial charge in [-0.05, 0) is 43.6 Å². The molecular formula is C14H20O. The summed E-state index contributed by atoms with van der Waals surface area (Å²) < 4.78 is 5.51. The highest BCUT2D eigenvalue weighted by Gasteiger charge is 2.30. The molecule has 2 rings (SSSR count). The predicted molar refractivity (Wildman–Crippen MR) is 62.9 cm³/mol. The van der Waals surface area contributed by atoms with Crippen LogP contribution >= 0.6 is 0 Å². The van der Waals surface area contributed by atoms with Crippen LogP contribution in [-0.2, 0) is 11.2 Å². The maximum absolute atomic E-state index is 5.51. The molecule has 15 heavy (non-hydrogen) atoms. The van der Waals surface area contributed by atoms with Crippen molar-refractivity contribution in [2.75, 3.05) is 7.11 Å². The van der Waals surface area contributed by atoms with Gasteiger partial charge in [-0.2, -0.15) is 0 Å². The summed E-state index contributed by atoms with van der Waals surface area (Å²) in [6.45, 7) is 0. The van der Waals surface area contributed by atoms with Crippen LogP contribution in [0.4, 0.5) is 0 Å². The van der Waals surface area contributed by atoms with Crippen LogP contribution < -0.4 is 0 Å². The lowest BCUT2D eigenvalue weighted by Gasteiger charge is -2.13. The maximum atomic E-state index is 5.51. The Balaban J connectivity index is 1.69. The zero-order chi connectivity index (χ0) is 10.5. The van der Waals surface area contributed by atoms with Crippen LogP contribution in [0.3, 0.4) is 0 Å². The zero-order valence-corrected chi connectivity index (χ0v) is 9.49. The van der Waals surface area contributed by atoms with E-state index in [4.69, 9.17) is 4.74 Å². The van der Waals surface area contributed by atoms with Crippen LogP contribution in [0.1, 0.15) is 31.2 Å². The zero-order valence-electron chi connectivity index (χ0n) is 9.49. The van der Waals surface area contributed by atoms with E-state index in [1.165, 1.54) is 37.7 Å². The molecule has 0 saturated heterocycles. The van der Waals surface area contributed by atoms with E-state index in [1.807, 2.05) is 7.11 Å². The van der Waals surface area contributed by atoms with Crippen LogP contribution in [0.15, 0.2) is 30.3 Å². The molecule has 0 bridgehead atoms. The molecule has 1 saturated carbocycles. The molecule has 1 aliphatic carbocycles. The SMILES string of the molecule is COC(CCCc1ccccc1)C1CC1. The van der Waals surface area contributed by atoms with Crippen LogP contribution in [0.25, 0.3) is 0 Å². The summed E-state index contributed by atoms with van der Waals surface area (Å²) in [5, 5.41) is 0. The molecule has 1 aliphatic rings. The Labute approximate surface area is 92.5 Å². The molecule has 0 heterocycles. The van der Waals surface area contributed by atoms with Gasteiger partial charge in [0.2, 0.25) is 0 Å². The summed E-state index contributed by atoms with van der Waals surface area (Å²) in [6, 6.07) is 10.7. The third kappa shape index (κ3) is 3.35. The lowest BCUT2D eigenvalue weighted by atomic mass is 10.0. The predicted octanol–water partition coefficient (Wildman–Crippen LogP) is 3.43. The monoisotopic (exact) mass is 204 g/mol. The molecule has 1 aromatic rings. The second-order valence-electron chi connectivity index (χ2n) is 4.49. The largest absolute Gasteiger partial charge is 0.381 e. The van der Waals surface area contributed by atoms with E-state index in [9.17, 15) is 0 Å². The third-order valence-electron chi connectivity index (χ3n) is 3.25. The number of hydrogen-bond donors (Lipinski definition) is 0. The number of ether oxygens (including phenoxy) is 1. The third-order valence-corrected chi connectivity index (χ3v) is 3.25. The van der Waals surface area contributed by atoms with Crippen LogP contribution in [0.2, 0.25) is 0 Å². The molecule has 82 valence electrons. The number of hydrogen-bond acceptors (Lipinski definition) is 1. The molecule has 1 aromatic carbocycles. The van der Waals surface area contributed by atoms with Crippen molar-refractivity contribution in [1.82, 2.24) is 0 Å². The van der Waals surface area contributed by atoms with Crippen molar-refractivity contribution >= 4 is 0 Å². The van der Waals surface area contributed by atoms with Gasteiger partial charge >= 0.3 is 0 Å². The first kappa shape index (κ1) is 10.7. The average Bonchev–Trinajstić information content (AvgIpc) is 3.10. The van der Waals surface area contributed by atoms with E-state index >= 15 is 0 Å². The van der Waals surface area contributed by atoms with Gasteiger partial charge in [0.1, 0.15) is 0 Å². The molecule has 0 N–H and O–H groups in total. The molecule has 0 amide bonds. The van der Waals surface area contributed by atoms with Crippen molar-refractivity contribution in [3.63, 3.8) is 0 Å². The van der Waals surface area contributed by atoms with E-state index in [0.29, 0.717) is 6.10 Å². The van der Waals surface area contributed by atoms with Crippen molar-refractivity contribution < 1.29 is 4.74 Å². The van der Waals surface area contributed by atoms with Crippen LogP contribution in [0, 0.1) is 5.92 Å². The molecule has 1 fully saturated rings. The minimum Gasteiger partial charge on any atom is -0.381 e. The van der Waals surface area contributed by atoms with Gasteiger partial charge < -0.3 is 4.74 Å². The molecular weight excluding hydrogens is 184 g/mol. The molecule has 0 aromatic heterocycles. The quantitative estimate of drug-likeness (QED) is 0.689. The average molecular weight is 204 g/mol. The van der Waals surface area contributed by atoms with E-state index in [1.54, 1.807) is 0 Å². The van der Waals surface area contributed by atoms with E-state index in [-0.39, 0.29) is 0 Å². The minimum atomic E-state index is 0.522. The lowest BCUT2D eigenvalue weighted by molar-refractivity contribution is 0.0756. The van der Waals surface area contributed by atoms with E-state index in [2.05, 4.69) is 30.3 Å². The fourth-order valence-electron chi connectivity index (χ4n) is 2.17. The standard InChI is InChI=1S/C14H20O/c1-15-14(13-10-11-13)9-5-8-12-6-3-2-4-7-12/h2-4,6-7,13-14H,5,8-11H2,1H3. The van der Waals surface area contributed by atoms with Gasteiger partial charge in [-0.25, -0.2) is 0 Å². The molecule has 0 aliphatic heterocycles. The van der Waals surface area contributed by atoms with E-state index < -0.39 is 0 Å². The highest BCUT2D eigenvalue weighted by atomic mass is 16.5. The van der Waals surface area contributed by atoms with Gasteiger partial charge in [0.05, 0.1) is 6.10 Å². The fourth-order valence-corrected chi connectivity index (χ4v) is 2.17. The molecule has 0 spiro atoms. The lowest BCUT2D eigenvalue weighted by Crippen LogP contribution is -2.13. The Kier molecular flexibility index (Phi) is 3.79. The van der Waals surface area contributed by atoms with Gasteiger partial charge in [0.25, 0.3) is 0 Å². The number of aryl methyl sites for hydroxylation is 1. The van der Waals surface area contributed by atoms with Crippen LogP contribution in [0.5, 0.6) is 0 Å². The highest BCUT2D eigenvalue weighted by Crippen LogP contribution is 2.36. The van der Waals surface area contributed by atoms with Gasteiger partial charge in [0.15, 0.2) is 0 Å². The van der Waals surface area contributed by atoms with Crippen molar-refractivity contribution in [1.29, 1.82) is 0 Å². The molecule has 1 heteroatoms. The Morgan fingerprint density at radius 3 is 2.60 bits per heavy atom. The number of methoxy groups -OCH3 is 1. The van der Waals surface area contributed by atoms with E-state index in [0.717, 1.165) is 5.92 Å². The number of rotatable bonds is 6. The number of benzene rings is 1. The van der Waals surface area contributed by atoms with Crippen molar-refractivity contribution in [3.8, 4) is 0 Å². The smallest absolute Gasteiger partial charge is 0.0599 e. The Bertz CT molecular complexity index is 277. The topological polar surface area (TPSA) is 9.23 Å². The maximum Gasteiger partial charge on any atom is 0.0599 e.